The Labute approximate surface area is 184 Å². The van der Waals surface area contributed by atoms with Crippen molar-refractivity contribution in [2.45, 2.75) is 45.8 Å². The molecule has 0 aromatic heterocycles. The van der Waals surface area contributed by atoms with Gasteiger partial charge in [0.2, 0.25) is 11.8 Å². The lowest BCUT2D eigenvalue weighted by Gasteiger charge is -2.29. The fourth-order valence-electron chi connectivity index (χ4n) is 2.75. The monoisotopic (exact) mass is 484 g/mol. The van der Waals surface area contributed by atoms with Gasteiger partial charge in [-0.1, -0.05) is 57.3 Å². The highest BCUT2D eigenvalue weighted by Crippen LogP contribution is 2.23. The minimum Gasteiger partial charge on any atom is -0.352 e. The van der Waals surface area contributed by atoms with E-state index in [1.807, 2.05) is 38.1 Å². The van der Waals surface area contributed by atoms with Crippen LogP contribution in [0.1, 0.15) is 31.9 Å². The first-order valence-corrected chi connectivity index (χ1v) is 10.5. The summed E-state index contributed by atoms with van der Waals surface area (Å²) >= 11 is 15.5. The number of benzene rings is 2. The van der Waals surface area contributed by atoms with Gasteiger partial charge in [-0.3, -0.25) is 9.59 Å². The highest BCUT2D eigenvalue weighted by molar-refractivity contribution is 9.10. The second-order valence-corrected chi connectivity index (χ2v) is 8.65. The average molecular weight is 486 g/mol. The third-order valence-electron chi connectivity index (χ3n) is 4.18. The number of amides is 2. The van der Waals surface area contributed by atoms with Crippen molar-refractivity contribution in [3.63, 3.8) is 0 Å². The minimum atomic E-state index is -0.614. The lowest BCUT2D eigenvalue weighted by molar-refractivity contribution is -0.140. The first kappa shape index (κ1) is 22.7. The molecule has 0 saturated carbocycles. The Morgan fingerprint density at radius 1 is 1.04 bits per heavy atom. The number of rotatable bonds is 7. The van der Waals surface area contributed by atoms with Gasteiger partial charge in [0.05, 0.1) is 16.5 Å². The molecule has 4 nitrogen and oxygen atoms in total. The molecule has 28 heavy (non-hydrogen) atoms. The molecule has 2 rings (SSSR count). The summed E-state index contributed by atoms with van der Waals surface area (Å²) in [6.07, 6.45) is 0.129. The average Bonchev–Trinajstić information content (AvgIpc) is 2.61. The minimum absolute atomic E-state index is 0.00663. The van der Waals surface area contributed by atoms with Gasteiger partial charge in [0, 0.05) is 17.1 Å². The highest BCUT2D eigenvalue weighted by Gasteiger charge is 2.26. The van der Waals surface area contributed by atoms with Crippen LogP contribution in [0.4, 0.5) is 0 Å². The molecule has 2 aromatic rings. The van der Waals surface area contributed by atoms with Crippen molar-refractivity contribution in [1.29, 1.82) is 0 Å². The summed E-state index contributed by atoms with van der Waals surface area (Å²) in [6, 6.07) is 12.2. The standard InChI is InChI=1S/C21H23BrCl2N2O2/c1-13(2)25-21(28)14(3)26(12-16-5-4-6-17(22)9-16)20(27)11-15-7-8-18(23)19(24)10-15/h4-10,13-14H,11-12H2,1-3H3,(H,25,28). The second kappa shape index (κ2) is 10.3. The number of nitrogens with zero attached hydrogens (tertiary/aromatic N) is 1. The van der Waals surface area contributed by atoms with Gasteiger partial charge in [0.25, 0.3) is 0 Å². The van der Waals surface area contributed by atoms with Crippen molar-refractivity contribution >= 4 is 50.9 Å². The van der Waals surface area contributed by atoms with Gasteiger partial charge in [0.1, 0.15) is 6.04 Å². The zero-order chi connectivity index (χ0) is 20.8. The molecule has 0 radical (unpaired) electrons. The van der Waals surface area contributed by atoms with E-state index in [-0.39, 0.29) is 24.3 Å². The largest absolute Gasteiger partial charge is 0.352 e. The molecule has 0 heterocycles. The zero-order valence-corrected chi connectivity index (χ0v) is 19.1. The van der Waals surface area contributed by atoms with Crippen molar-refractivity contribution in [3.8, 4) is 0 Å². The summed E-state index contributed by atoms with van der Waals surface area (Å²) in [4.78, 5) is 27.2. The number of nitrogens with one attached hydrogen (secondary N) is 1. The fourth-order valence-corrected chi connectivity index (χ4v) is 3.51. The van der Waals surface area contributed by atoms with Crippen LogP contribution >= 0.6 is 39.1 Å². The normalized spacial score (nSPS) is 12.0. The molecule has 150 valence electrons. The van der Waals surface area contributed by atoms with Crippen LogP contribution in [0.5, 0.6) is 0 Å². The second-order valence-electron chi connectivity index (χ2n) is 6.92. The number of carbonyl (C=O) groups excluding carboxylic acids is 2. The topological polar surface area (TPSA) is 49.4 Å². The van der Waals surface area contributed by atoms with Crippen molar-refractivity contribution < 1.29 is 9.59 Å². The molecule has 0 saturated heterocycles. The smallest absolute Gasteiger partial charge is 0.242 e. The Kier molecular flexibility index (Phi) is 8.35. The first-order chi connectivity index (χ1) is 13.2. The molecule has 0 spiro atoms. The predicted molar refractivity (Wildman–Crippen MR) is 118 cm³/mol. The Morgan fingerprint density at radius 2 is 1.75 bits per heavy atom. The zero-order valence-electron chi connectivity index (χ0n) is 16.0. The van der Waals surface area contributed by atoms with Crippen LogP contribution in [0.3, 0.4) is 0 Å². The summed E-state index contributed by atoms with van der Waals surface area (Å²) in [5.41, 5.74) is 1.68. The van der Waals surface area contributed by atoms with Crippen molar-refractivity contribution in [2.75, 3.05) is 0 Å². The molecule has 2 amide bonds. The fraction of sp³-hybridized carbons (Fsp3) is 0.333. The van der Waals surface area contributed by atoms with Crippen molar-refractivity contribution in [1.82, 2.24) is 10.2 Å². The van der Waals surface area contributed by atoms with Crippen LogP contribution in [0.25, 0.3) is 0 Å². The van der Waals surface area contributed by atoms with Crippen molar-refractivity contribution in [2.24, 2.45) is 0 Å². The maximum absolute atomic E-state index is 13.1. The van der Waals surface area contributed by atoms with E-state index in [4.69, 9.17) is 23.2 Å². The summed E-state index contributed by atoms with van der Waals surface area (Å²) < 4.78 is 0.918. The molecule has 0 aliphatic heterocycles. The quantitative estimate of drug-likeness (QED) is 0.582. The first-order valence-electron chi connectivity index (χ1n) is 8.95. The van der Waals surface area contributed by atoms with Gasteiger partial charge in [-0.25, -0.2) is 0 Å². The van der Waals surface area contributed by atoms with Gasteiger partial charge >= 0.3 is 0 Å². The third kappa shape index (κ3) is 6.50. The van der Waals surface area contributed by atoms with Crippen LogP contribution in [-0.2, 0) is 22.6 Å². The molecule has 7 heteroatoms. The lowest BCUT2D eigenvalue weighted by Crippen LogP contribution is -2.49. The van der Waals surface area contributed by atoms with Crippen LogP contribution < -0.4 is 5.32 Å². The molecule has 1 atom stereocenters. The highest BCUT2D eigenvalue weighted by atomic mass is 79.9. The number of halogens is 3. The van der Waals surface area contributed by atoms with E-state index in [2.05, 4.69) is 21.2 Å². The Bertz CT molecular complexity index is 858. The molecule has 0 fully saturated rings. The molecule has 1 N–H and O–H groups in total. The number of hydrogen-bond acceptors (Lipinski definition) is 2. The van der Waals surface area contributed by atoms with Gasteiger partial charge < -0.3 is 10.2 Å². The van der Waals surface area contributed by atoms with E-state index < -0.39 is 6.04 Å². The van der Waals surface area contributed by atoms with Gasteiger partial charge in [-0.2, -0.15) is 0 Å². The predicted octanol–water partition coefficient (Wildman–Crippen LogP) is 5.24. The summed E-state index contributed by atoms with van der Waals surface area (Å²) in [6.45, 7) is 5.84. The maximum Gasteiger partial charge on any atom is 0.242 e. The Morgan fingerprint density at radius 3 is 2.36 bits per heavy atom. The molecule has 2 aromatic carbocycles. The Balaban J connectivity index is 2.26. The van der Waals surface area contributed by atoms with Gasteiger partial charge in [-0.15, -0.1) is 0 Å². The Hall–Kier alpha value is -1.56. The lowest BCUT2D eigenvalue weighted by atomic mass is 10.1. The van der Waals surface area contributed by atoms with E-state index >= 15 is 0 Å². The van der Waals surface area contributed by atoms with E-state index in [0.717, 1.165) is 15.6 Å². The number of carbonyl (C=O) groups is 2. The molecule has 0 aliphatic rings. The van der Waals surface area contributed by atoms with Crippen molar-refractivity contribution in [3.05, 3.63) is 68.1 Å². The maximum atomic E-state index is 13.1. The SMILES string of the molecule is CC(C)NC(=O)C(C)N(Cc1cccc(Br)c1)C(=O)Cc1ccc(Cl)c(Cl)c1. The summed E-state index contributed by atoms with van der Waals surface area (Å²) in [5.74, 6) is -0.350. The number of hydrogen-bond donors (Lipinski definition) is 1. The van der Waals surface area contributed by atoms with Crippen LogP contribution in [0.15, 0.2) is 46.9 Å². The molecule has 0 aliphatic carbocycles. The van der Waals surface area contributed by atoms with E-state index in [0.29, 0.717) is 16.6 Å². The van der Waals surface area contributed by atoms with Gasteiger partial charge in [-0.05, 0) is 56.2 Å². The summed E-state index contributed by atoms with van der Waals surface area (Å²) in [5, 5.41) is 3.71. The molecule has 1 unspecified atom stereocenters. The third-order valence-corrected chi connectivity index (χ3v) is 5.41. The molecule has 0 bridgehead atoms. The molecular weight excluding hydrogens is 463 g/mol. The van der Waals surface area contributed by atoms with Crippen LogP contribution in [-0.4, -0.2) is 28.8 Å². The molecular formula is C21H23BrCl2N2O2. The van der Waals surface area contributed by atoms with Crippen LogP contribution in [0.2, 0.25) is 10.0 Å². The van der Waals surface area contributed by atoms with Gasteiger partial charge in [0.15, 0.2) is 0 Å². The van der Waals surface area contributed by atoms with E-state index in [9.17, 15) is 9.59 Å². The van der Waals surface area contributed by atoms with E-state index in [1.165, 1.54) is 0 Å². The summed E-state index contributed by atoms with van der Waals surface area (Å²) in [7, 11) is 0. The van der Waals surface area contributed by atoms with E-state index in [1.54, 1.807) is 30.0 Å². The van der Waals surface area contributed by atoms with Crippen LogP contribution in [0, 0.1) is 0 Å².